The molecule has 0 spiro atoms. The Labute approximate surface area is 270 Å². The summed E-state index contributed by atoms with van der Waals surface area (Å²) < 4.78 is 22.5. The number of esters is 1. The number of fused-ring (bicyclic) bond motifs is 3. The molecule has 47 heavy (non-hydrogen) atoms. The van der Waals surface area contributed by atoms with Gasteiger partial charge in [0.1, 0.15) is 22.8 Å². The monoisotopic (exact) mass is 652 g/mol. The van der Waals surface area contributed by atoms with E-state index in [0.29, 0.717) is 0 Å². The number of rotatable bonds is 9. The predicted molar refractivity (Wildman–Crippen MR) is 160 cm³/mol. The van der Waals surface area contributed by atoms with Crippen LogP contribution < -0.4 is 4.74 Å². The lowest BCUT2D eigenvalue weighted by molar-refractivity contribution is -0.258. The fourth-order valence-electron chi connectivity index (χ4n) is 6.72. The molecular weight excluding hydrogens is 616 g/mol. The van der Waals surface area contributed by atoms with Gasteiger partial charge in [-0.05, 0) is 26.8 Å². The molecular formula is C33H36N2O12. The first-order valence-electron chi connectivity index (χ1n) is 15.1. The first kappa shape index (κ1) is 34.0. The first-order valence-corrected chi connectivity index (χ1v) is 15.1. The van der Waals surface area contributed by atoms with Crippen LogP contribution in [-0.2, 0) is 30.2 Å². The molecule has 6 unspecified atom stereocenters. The second-order valence-corrected chi connectivity index (χ2v) is 11.9. The Morgan fingerprint density at radius 2 is 1.85 bits per heavy atom. The molecule has 1 heterocycles. The van der Waals surface area contributed by atoms with E-state index in [2.05, 4.69) is 0 Å². The number of aromatic hydroxyl groups is 2. The number of hydrogen-bond donors (Lipinski definition) is 4. The number of carbonyl (C=O) groups excluding carboxylic acids is 4. The van der Waals surface area contributed by atoms with Crippen LogP contribution in [0.2, 0.25) is 0 Å². The van der Waals surface area contributed by atoms with Crippen molar-refractivity contribution in [1.82, 2.24) is 4.90 Å². The summed E-state index contributed by atoms with van der Waals surface area (Å²) in [7, 11) is 1.32. The van der Waals surface area contributed by atoms with Crippen LogP contribution in [0.3, 0.4) is 0 Å². The molecule has 14 heteroatoms. The van der Waals surface area contributed by atoms with Crippen molar-refractivity contribution >= 4 is 23.3 Å². The summed E-state index contributed by atoms with van der Waals surface area (Å²) >= 11 is 0. The van der Waals surface area contributed by atoms with E-state index >= 15 is 0 Å². The summed E-state index contributed by atoms with van der Waals surface area (Å²) in [6, 6.07) is 5.50. The molecule has 2 aliphatic carbocycles. The molecule has 3 aliphatic rings. The van der Waals surface area contributed by atoms with Crippen LogP contribution in [-0.4, -0.2) is 106 Å². The summed E-state index contributed by atoms with van der Waals surface area (Å²) in [5.41, 5.74) is -3.49. The molecule has 0 radical (unpaired) electrons. The molecule has 0 amide bonds. The number of phenols is 2. The van der Waals surface area contributed by atoms with Crippen molar-refractivity contribution in [2.24, 2.45) is 0 Å². The summed E-state index contributed by atoms with van der Waals surface area (Å²) in [6.07, 6.45) is -5.61. The third kappa shape index (κ3) is 5.85. The highest BCUT2D eigenvalue weighted by Crippen LogP contribution is 2.52. The van der Waals surface area contributed by atoms with Crippen LogP contribution >= 0.6 is 0 Å². The van der Waals surface area contributed by atoms with Gasteiger partial charge in [-0.15, -0.1) is 0 Å². The number of aliphatic hydroxyl groups excluding tert-OH is 1. The minimum absolute atomic E-state index is 0.0547. The molecule has 0 aromatic heterocycles. The van der Waals surface area contributed by atoms with Crippen molar-refractivity contribution in [3.05, 3.63) is 51.6 Å². The molecule has 1 saturated heterocycles. The molecule has 2 aromatic rings. The lowest BCUT2D eigenvalue weighted by Gasteiger charge is -2.44. The lowest BCUT2D eigenvalue weighted by atomic mass is 9.72. The van der Waals surface area contributed by atoms with Crippen LogP contribution in [0.4, 0.5) is 0 Å². The average molecular weight is 653 g/mol. The van der Waals surface area contributed by atoms with Gasteiger partial charge in [-0.3, -0.25) is 24.1 Å². The van der Waals surface area contributed by atoms with Crippen molar-refractivity contribution in [3.8, 4) is 23.3 Å². The summed E-state index contributed by atoms with van der Waals surface area (Å²) in [6.45, 7) is 3.91. The minimum Gasteiger partial charge on any atom is -0.507 e. The van der Waals surface area contributed by atoms with Crippen LogP contribution in [0.25, 0.3) is 0 Å². The van der Waals surface area contributed by atoms with Crippen molar-refractivity contribution < 1.29 is 58.6 Å². The van der Waals surface area contributed by atoms with E-state index in [4.69, 9.17) is 18.9 Å². The largest absolute Gasteiger partial charge is 0.507 e. The number of ketones is 3. The van der Waals surface area contributed by atoms with Gasteiger partial charge in [0.05, 0.1) is 67.9 Å². The Kier molecular flexibility index (Phi) is 9.40. The van der Waals surface area contributed by atoms with E-state index in [9.17, 15) is 44.9 Å². The highest BCUT2D eigenvalue weighted by molar-refractivity contribution is 6.31. The van der Waals surface area contributed by atoms with Gasteiger partial charge in [0.25, 0.3) is 0 Å². The van der Waals surface area contributed by atoms with Gasteiger partial charge in [0, 0.05) is 42.0 Å². The van der Waals surface area contributed by atoms with Crippen molar-refractivity contribution in [2.45, 2.75) is 76.3 Å². The van der Waals surface area contributed by atoms with Crippen LogP contribution in [0.5, 0.6) is 17.2 Å². The first-order chi connectivity index (χ1) is 22.3. The zero-order valence-corrected chi connectivity index (χ0v) is 26.3. The maximum absolute atomic E-state index is 13.8. The molecule has 1 fully saturated rings. The Morgan fingerprint density at radius 3 is 2.49 bits per heavy atom. The summed E-state index contributed by atoms with van der Waals surface area (Å²) in [4.78, 5) is 54.0. The van der Waals surface area contributed by atoms with Gasteiger partial charge < -0.3 is 39.4 Å². The van der Waals surface area contributed by atoms with Gasteiger partial charge in [0.15, 0.2) is 17.9 Å². The van der Waals surface area contributed by atoms with Crippen LogP contribution in [0.15, 0.2) is 18.2 Å². The van der Waals surface area contributed by atoms with E-state index in [1.807, 2.05) is 6.07 Å². The average Bonchev–Trinajstić information content (AvgIpc) is 3.02. The van der Waals surface area contributed by atoms with E-state index in [0.717, 1.165) is 6.92 Å². The topological polar surface area (TPSA) is 213 Å². The second-order valence-electron chi connectivity index (χ2n) is 11.9. The van der Waals surface area contributed by atoms with E-state index < -0.39 is 95.0 Å². The van der Waals surface area contributed by atoms with E-state index in [1.54, 1.807) is 13.8 Å². The Morgan fingerprint density at radius 1 is 1.15 bits per heavy atom. The van der Waals surface area contributed by atoms with E-state index in [-0.39, 0.29) is 54.1 Å². The molecule has 1 aliphatic heterocycles. The normalized spacial score (nSPS) is 26.6. The lowest BCUT2D eigenvalue weighted by Crippen LogP contribution is -2.57. The standard InChI is InChI=1S/C33H36N2O12/c1-5-45-22(37)14-35(10-9-34)19-11-23(46-15(2)28(19)38)47-21-13-33(43,16(3)36)12-18-25(21)32(42)27-26(30(18)40)29(39)17-7-6-8-20(44-4)24(17)31(27)41/h6-8,15,19,21,23,28,38,40,42-43H,5,10-14H2,1-4H3. The van der Waals surface area contributed by atoms with Crippen molar-refractivity contribution in [3.63, 3.8) is 0 Å². The smallest absolute Gasteiger partial charge is 0.320 e. The highest BCUT2D eigenvalue weighted by Gasteiger charge is 2.50. The molecule has 5 rings (SSSR count). The Balaban J connectivity index is 1.58. The maximum Gasteiger partial charge on any atom is 0.320 e. The van der Waals surface area contributed by atoms with Crippen molar-refractivity contribution in [2.75, 3.05) is 26.8 Å². The Bertz CT molecular complexity index is 1680. The number of benzene rings is 2. The van der Waals surface area contributed by atoms with Crippen molar-refractivity contribution in [1.29, 1.82) is 5.26 Å². The summed E-state index contributed by atoms with van der Waals surface area (Å²) in [5.74, 6) is -4.11. The number of hydrogen-bond acceptors (Lipinski definition) is 14. The fraction of sp³-hybridized carbons (Fsp3) is 0.485. The number of nitriles is 1. The number of phenolic OH excluding ortho intramolecular Hbond substituents is 2. The van der Waals surface area contributed by atoms with Gasteiger partial charge >= 0.3 is 5.97 Å². The number of methoxy groups -OCH3 is 1. The molecule has 0 bridgehead atoms. The zero-order valence-electron chi connectivity index (χ0n) is 26.3. The number of nitrogens with zero attached hydrogens (tertiary/aromatic N) is 2. The second kappa shape index (κ2) is 13.0. The maximum atomic E-state index is 13.8. The quantitative estimate of drug-likeness (QED) is 0.146. The van der Waals surface area contributed by atoms with Crippen LogP contribution in [0.1, 0.15) is 82.7 Å². The predicted octanol–water partition coefficient (Wildman–Crippen LogP) is 1.46. The zero-order chi connectivity index (χ0) is 34.4. The highest BCUT2D eigenvalue weighted by atomic mass is 16.7. The molecule has 14 nitrogen and oxygen atoms in total. The number of Topliss-reactive ketones (excluding diaryl/α,β-unsaturated/α-hetero) is 1. The van der Waals surface area contributed by atoms with Gasteiger partial charge in [0.2, 0.25) is 5.78 Å². The van der Waals surface area contributed by atoms with Gasteiger partial charge in [-0.1, -0.05) is 12.1 Å². The van der Waals surface area contributed by atoms with Crippen LogP contribution in [0, 0.1) is 11.3 Å². The third-order valence-corrected chi connectivity index (χ3v) is 9.10. The molecule has 250 valence electrons. The van der Waals surface area contributed by atoms with Gasteiger partial charge in [-0.2, -0.15) is 5.26 Å². The SMILES string of the molecule is CCOC(=O)CN(CC#N)C1CC(OC2CC(O)(C(C)=O)Cc3c(O)c4c(c(O)c32)C(=O)c2c(OC)cccc2C4=O)OC(C)C1O. The van der Waals surface area contributed by atoms with Gasteiger partial charge in [-0.25, -0.2) is 0 Å². The summed E-state index contributed by atoms with van der Waals surface area (Å²) in [5, 5.41) is 55.1. The molecule has 6 atom stereocenters. The third-order valence-electron chi connectivity index (χ3n) is 9.10. The number of ether oxygens (including phenoxy) is 4. The molecule has 4 N–H and O–H groups in total. The number of aliphatic hydroxyl groups is 2. The molecule has 0 saturated carbocycles. The van der Waals surface area contributed by atoms with E-state index in [1.165, 1.54) is 30.2 Å². The fourth-order valence-corrected chi connectivity index (χ4v) is 6.72. The Hall–Kier alpha value is -4.39. The minimum atomic E-state index is -2.10. The molecule has 2 aromatic carbocycles. The number of carbonyl (C=O) groups is 4.